The van der Waals surface area contributed by atoms with Crippen molar-refractivity contribution in [2.75, 3.05) is 13.2 Å². The van der Waals surface area contributed by atoms with Crippen LogP contribution in [0.3, 0.4) is 0 Å². The monoisotopic (exact) mass is 335 g/mol. The van der Waals surface area contributed by atoms with Crippen molar-refractivity contribution in [3.63, 3.8) is 0 Å². The molecule has 7 heteroatoms. The third kappa shape index (κ3) is 3.62. The summed E-state index contributed by atoms with van der Waals surface area (Å²) >= 11 is 0. The zero-order valence-electron chi connectivity index (χ0n) is 13.5. The molecule has 0 radical (unpaired) electrons. The van der Waals surface area contributed by atoms with Gasteiger partial charge in [0, 0.05) is 5.56 Å². The molecule has 130 valence electrons. The Morgan fingerprint density at radius 2 is 2.12 bits per heavy atom. The minimum Gasteiger partial charge on any atom is -0.490 e. The van der Waals surface area contributed by atoms with Crippen molar-refractivity contribution in [2.45, 2.75) is 44.4 Å². The van der Waals surface area contributed by atoms with Gasteiger partial charge in [-0.25, -0.2) is 4.79 Å². The number of nitrogens with one attached hydrogen (secondary N) is 1. The summed E-state index contributed by atoms with van der Waals surface area (Å²) in [6.45, 7) is 1.73. The highest BCUT2D eigenvalue weighted by Crippen LogP contribution is 2.34. The molecule has 0 unspecified atom stereocenters. The van der Waals surface area contributed by atoms with E-state index in [1.54, 1.807) is 25.1 Å². The molecule has 1 amide bonds. The average molecular weight is 335 g/mol. The first-order chi connectivity index (χ1) is 11.6. The van der Waals surface area contributed by atoms with E-state index in [0.29, 0.717) is 23.7 Å². The number of hydrogen-bond donors (Lipinski definition) is 2. The fraction of sp³-hybridized carbons (Fsp3) is 0.529. The van der Waals surface area contributed by atoms with Crippen LogP contribution in [0, 0.1) is 0 Å². The summed E-state index contributed by atoms with van der Waals surface area (Å²) in [6, 6.07) is 4.78. The topological polar surface area (TPSA) is 94.1 Å². The largest absolute Gasteiger partial charge is 0.490 e. The normalized spacial score (nSPS) is 24.6. The van der Waals surface area contributed by atoms with Crippen LogP contribution in [0.1, 0.15) is 36.5 Å². The molecule has 0 aliphatic carbocycles. The van der Waals surface area contributed by atoms with Crippen LogP contribution in [0.15, 0.2) is 18.2 Å². The maximum Gasteiger partial charge on any atom is 0.341 e. The summed E-state index contributed by atoms with van der Waals surface area (Å²) in [5, 5.41) is 11.7. The Kier molecular flexibility index (Phi) is 4.89. The molecule has 0 aromatic heterocycles. The van der Waals surface area contributed by atoms with Crippen molar-refractivity contribution in [1.82, 2.24) is 5.32 Å². The van der Waals surface area contributed by atoms with Crippen LogP contribution in [-0.4, -0.2) is 48.4 Å². The number of carbonyl (C=O) groups excluding carboxylic acids is 1. The van der Waals surface area contributed by atoms with Gasteiger partial charge in [0.25, 0.3) is 5.91 Å². The highest BCUT2D eigenvalue weighted by molar-refractivity contribution is 5.95. The van der Waals surface area contributed by atoms with Gasteiger partial charge in [-0.2, -0.15) is 0 Å². The van der Waals surface area contributed by atoms with Crippen LogP contribution in [0.2, 0.25) is 0 Å². The molecule has 3 rings (SSSR count). The molecular weight excluding hydrogens is 314 g/mol. The molecule has 7 nitrogen and oxygen atoms in total. The van der Waals surface area contributed by atoms with Crippen LogP contribution in [0.25, 0.3) is 0 Å². The summed E-state index contributed by atoms with van der Waals surface area (Å²) < 4.78 is 16.4. The maximum atomic E-state index is 12.5. The molecule has 24 heavy (non-hydrogen) atoms. The van der Waals surface area contributed by atoms with Crippen LogP contribution in [0.5, 0.6) is 11.5 Å². The molecule has 1 aromatic carbocycles. The smallest absolute Gasteiger partial charge is 0.341 e. The van der Waals surface area contributed by atoms with Gasteiger partial charge in [-0.1, -0.05) is 0 Å². The van der Waals surface area contributed by atoms with Crippen LogP contribution in [0.4, 0.5) is 0 Å². The number of amides is 1. The van der Waals surface area contributed by atoms with E-state index < -0.39 is 12.6 Å². The fourth-order valence-corrected chi connectivity index (χ4v) is 3.22. The zero-order chi connectivity index (χ0) is 17.1. The number of carbonyl (C=O) groups is 2. The molecule has 2 fully saturated rings. The van der Waals surface area contributed by atoms with Gasteiger partial charge in [0.15, 0.2) is 18.1 Å². The minimum atomic E-state index is -1.07. The van der Waals surface area contributed by atoms with Crippen LogP contribution < -0.4 is 14.8 Å². The number of ether oxygens (including phenoxy) is 3. The molecule has 2 aliphatic rings. The minimum absolute atomic E-state index is 0.0507. The Labute approximate surface area is 139 Å². The Morgan fingerprint density at radius 1 is 1.29 bits per heavy atom. The van der Waals surface area contributed by atoms with Crippen molar-refractivity contribution >= 4 is 11.9 Å². The lowest BCUT2D eigenvalue weighted by Gasteiger charge is -2.20. The second kappa shape index (κ2) is 7.09. The number of benzene rings is 1. The molecule has 2 bridgehead atoms. The predicted molar refractivity (Wildman–Crippen MR) is 84.5 cm³/mol. The Hall–Kier alpha value is -2.28. The molecule has 0 saturated carbocycles. The van der Waals surface area contributed by atoms with Gasteiger partial charge in [-0.05, 0) is 44.4 Å². The molecule has 2 aliphatic heterocycles. The van der Waals surface area contributed by atoms with Crippen LogP contribution in [-0.2, 0) is 9.53 Å². The van der Waals surface area contributed by atoms with Crippen molar-refractivity contribution in [3.05, 3.63) is 23.8 Å². The summed E-state index contributed by atoms with van der Waals surface area (Å²) in [7, 11) is 0. The number of hydrogen-bond acceptors (Lipinski definition) is 5. The highest BCUT2D eigenvalue weighted by atomic mass is 16.5. The van der Waals surface area contributed by atoms with E-state index in [4.69, 9.17) is 19.3 Å². The van der Waals surface area contributed by atoms with Gasteiger partial charge >= 0.3 is 5.97 Å². The first-order valence-electron chi connectivity index (χ1n) is 8.14. The van der Waals surface area contributed by atoms with E-state index in [1.165, 1.54) is 0 Å². The van der Waals surface area contributed by atoms with E-state index in [0.717, 1.165) is 19.3 Å². The van der Waals surface area contributed by atoms with Gasteiger partial charge in [0.2, 0.25) is 0 Å². The van der Waals surface area contributed by atoms with Crippen molar-refractivity contribution in [3.8, 4) is 11.5 Å². The molecule has 2 heterocycles. The molecule has 0 spiro atoms. The van der Waals surface area contributed by atoms with Crippen LogP contribution >= 0.6 is 0 Å². The SMILES string of the molecule is CCOc1cc(C(=O)N[C@@H]2C[C@H]3CC[C@@H]2O3)ccc1OCC(=O)O. The molecule has 3 atom stereocenters. The highest BCUT2D eigenvalue weighted by Gasteiger charge is 2.41. The van der Waals surface area contributed by atoms with Crippen molar-refractivity contribution < 1.29 is 28.9 Å². The number of carboxylic acids is 1. The summed E-state index contributed by atoms with van der Waals surface area (Å²) in [6.07, 6.45) is 3.30. The number of rotatable bonds is 7. The van der Waals surface area contributed by atoms with Gasteiger partial charge in [-0.3, -0.25) is 4.79 Å². The van der Waals surface area contributed by atoms with Crippen molar-refractivity contribution in [1.29, 1.82) is 0 Å². The lowest BCUT2D eigenvalue weighted by Crippen LogP contribution is -2.41. The van der Waals surface area contributed by atoms with E-state index >= 15 is 0 Å². The zero-order valence-corrected chi connectivity index (χ0v) is 13.5. The third-order valence-electron chi connectivity index (χ3n) is 4.28. The molecular formula is C17H21NO6. The second-order valence-electron chi connectivity index (χ2n) is 5.97. The Bertz CT molecular complexity index is 632. The molecule has 2 saturated heterocycles. The fourth-order valence-electron chi connectivity index (χ4n) is 3.22. The van der Waals surface area contributed by atoms with Crippen molar-refractivity contribution in [2.24, 2.45) is 0 Å². The lowest BCUT2D eigenvalue weighted by atomic mass is 9.95. The average Bonchev–Trinajstić information content (AvgIpc) is 3.16. The number of fused-ring (bicyclic) bond motifs is 2. The summed E-state index contributed by atoms with van der Waals surface area (Å²) in [4.78, 5) is 23.1. The third-order valence-corrected chi connectivity index (χ3v) is 4.28. The number of carboxylic acid groups (broad SMARTS) is 1. The first kappa shape index (κ1) is 16.6. The van der Waals surface area contributed by atoms with Gasteiger partial charge in [-0.15, -0.1) is 0 Å². The molecule has 2 N–H and O–H groups in total. The van der Waals surface area contributed by atoms with Gasteiger partial charge in [0.1, 0.15) is 0 Å². The van der Waals surface area contributed by atoms with E-state index in [1.807, 2.05) is 0 Å². The standard InChI is InChI=1S/C17H21NO6/c1-2-22-15-7-10(3-5-14(15)23-9-16(19)20)17(21)18-12-8-11-4-6-13(12)24-11/h3,5,7,11-13H,2,4,6,8-9H2,1H3,(H,18,21)(H,19,20)/t11-,12-,13+/m1/s1. The van der Waals surface area contributed by atoms with Gasteiger partial charge in [0.05, 0.1) is 24.9 Å². The van der Waals surface area contributed by atoms with E-state index in [2.05, 4.69) is 5.32 Å². The summed E-state index contributed by atoms with van der Waals surface area (Å²) in [5.41, 5.74) is 0.448. The number of aliphatic carboxylic acids is 1. The van der Waals surface area contributed by atoms with E-state index in [9.17, 15) is 9.59 Å². The Balaban J connectivity index is 1.69. The first-order valence-corrected chi connectivity index (χ1v) is 8.14. The molecule has 1 aromatic rings. The predicted octanol–water partition coefficient (Wildman–Crippen LogP) is 1.60. The van der Waals surface area contributed by atoms with Gasteiger partial charge < -0.3 is 24.6 Å². The summed E-state index contributed by atoms with van der Waals surface area (Å²) in [5.74, 6) is -0.605. The maximum absolute atomic E-state index is 12.5. The van der Waals surface area contributed by atoms with E-state index in [-0.39, 0.29) is 24.2 Å². The quantitative estimate of drug-likeness (QED) is 0.786. The lowest BCUT2D eigenvalue weighted by molar-refractivity contribution is -0.139. The Morgan fingerprint density at radius 3 is 2.75 bits per heavy atom. The second-order valence-corrected chi connectivity index (χ2v) is 5.97.